The number of hydrogen-bond donors (Lipinski definition) is 0. The molecule has 0 saturated heterocycles. The second-order valence-electron chi connectivity index (χ2n) is 3.13. The molecule has 18 heavy (non-hydrogen) atoms. The Hall–Kier alpha value is -1.86. The van der Waals surface area contributed by atoms with Crippen LogP contribution in [0.4, 0.5) is 5.69 Å². The molecular weight excluding hydrogens is 280 g/mol. The smallest absolute Gasteiger partial charge is 0.315 e. The molecule has 0 unspecified atom stereocenters. The van der Waals surface area contributed by atoms with Crippen LogP contribution in [0, 0.1) is 10.1 Å². The fraction of sp³-hybridized carbons (Fsp3) is 0.100. The Balaban J connectivity index is 2.34. The van der Waals surface area contributed by atoms with Crippen molar-refractivity contribution < 1.29 is 14.4 Å². The van der Waals surface area contributed by atoms with Crippen LogP contribution in [0.25, 0.3) is 0 Å². The molecule has 0 saturated carbocycles. The first-order valence-electron chi connectivity index (χ1n) is 4.71. The molecule has 0 fully saturated rings. The predicted molar refractivity (Wildman–Crippen MR) is 66.8 cm³/mol. The molecule has 8 heteroatoms. The number of methoxy groups -OCH3 is 1. The maximum absolute atomic E-state index is 10.9. The van der Waals surface area contributed by atoms with Crippen molar-refractivity contribution >= 4 is 28.6 Å². The lowest BCUT2D eigenvalue weighted by Crippen LogP contribution is -1.94. The van der Waals surface area contributed by atoms with Crippen LogP contribution in [-0.2, 0) is 0 Å². The molecular formula is C10H7ClN2O4S. The van der Waals surface area contributed by atoms with Crippen molar-refractivity contribution in [3.63, 3.8) is 0 Å². The van der Waals surface area contributed by atoms with E-state index >= 15 is 0 Å². The van der Waals surface area contributed by atoms with Crippen LogP contribution in [0.5, 0.6) is 16.7 Å². The highest BCUT2D eigenvalue weighted by Gasteiger charge is 2.18. The number of halogens is 1. The number of hydrogen-bond acceptors (Lipinski definition) is 6. The predicted octanol–water partition coefficient (Wildman–Crippen LogP) is 3.51. The van der Waals surface area contributed by atoms with Crippen molar-refractivity contribution in [3.8, 4) is 16.7 Å². The van der Waals surface area contributed by atoms with Gasteiger partial charge in [-0.15, -0.1) is 0 Å². The number of ether oxygens (including phenoxy) is 2. The molecule has 0 spiro atoms. The quantitative estimate of drug-likeness (QED) is 0.635. The van der Waals surface area contributed by atoms with Gasteiger partial charge < -0.3 is 9.47 Å². The first-order chi connectivity index (χ1) is 8.60. The summed E-state index contributed by atoms with van der Waals surface area (Å²) >= 11 is 6.80. The van der Waals surface area contributed by atoms with Crippen LogP contribution >= 0.6 is 22.9 Å². The van der Waals surface area contributed by atoms with E-state index in [2.05, 4.69) is 4.98 Å². The van der Waals surface area contributed by atoms with Crippen LogP contribution in [0.2, 0.25) is 5.15 Å². The van der Waals surface area contributed by atoms with Gasteiger partial charge in [-0.2, -0.15) is 4.98 Å². The van der Waals surface area contributed by atoms with E-state index < -0.39 is 4.92 Å². The van der Waals surface area contributed by atoms with Gasteiger partial charge in [-0.3, -0.25) is 10.1 Å². The number of nitro benzene ring substituents is 1. The van der Waals surface area contributed by atoms with E-state index in [1.54, 1.807) is 11.4 Å². The highest BCUT2D eigenvalue weighted by molar-refractivity contribution is 7.11. The normalized spacial score (nSPS) is 10.1. The molecule has 94 valence electrons. The summed E-state index contributed by atoms with van der Waals surface area (Å²) in [7, 11) is 1.43. The van der Waals surface area contributed by atoms with Gasteiger partial charge >= 0.3 is 5.69 Å². The van der Waals surface area contributed by atoms with E-state index in [1.807, 2.05) is 0 Å². The van der Waals surface area contributed by atoms with Gasteiger partial charge in [0.05, 0.1) is 18.1 Å². The monoisotopic (exact) mass is 286 g/mol. The lowest BCUT2D eigenvalue weighted by molar-refractivity contribution is -0.385. The SMILES string of the molecule is COc1ccc(Oc2nc(Cl)cs2)c([N+](=O)[O-])c1. The Morgan fingerprint density at radius 2 is 2.28 bits per heavy atom. The Morgan fingerprint density at radius 3 is 2.83 bits per heavy atom. The van der Waals surface area contributed by atoms with Gasteiger partial charge in [0.2, 0.25) is 5.75 Å². The van der Waals surface area contributed by atoms with Crippen molar-refractivity contribution in [1.82, 2.24) is 4.98 Å². The average molecular weight is 287 g/mol. The maximum atomic E-state index is 10.9. The summed E-state index contributed by atoms with van der Waals surface area (Å²) in [5.41, 5.74) is -0.194. The molecule has 0 atom stereocenters. The molecule has 1 aromatic carbocycles. The molecule has 2 rings (SSSR count). The highest BCUT2D eigenvalue weighted by atomic mass is 35.5. The zero-order valence-corrected chi connectivity index (χ0v) is 10.7. The Labute approximate surface area is 111 Å². The summed E-state index contributed by atoms with van der Waals surface area (Å²) in [6.45, 7) is 0. The molecule has 2 aromatic rings. The van der Waals surface area contributed by atoms with E-state index in [0.717, 1.165) is 11.3 Å². The number of thiazole rings is 1. The highest BCUT2D eigenvalue weighted by Crippen LogP contribution is 2.35. The van der Waals surface area contributed by atoms with Gasteiger partial charge in [-0.25, -0.2) is 0 Å². The average Bonchev–Trinajstić information content (AvgIpc) is 2.75. The van der Waals surface area contributed by atoms with E-state index in [0.29, 0.717) is 5.75 Å². The number of rotatable bonds is 4. The Bertz CT molecular complexity index is 587. The number of aromatic nitrogens is 1. The maximum Gasteiger partial charge on any atom is 0.315 e. The van der Waals surface area contributed by atoms with Gasteiger partial charge in [0.25, 0.3) is 5.19 Å². The van der Waals surface area contributed by atoms with Gasteiger partial charge in [0.1, 0.15) is 10.9 Å². The minimum absolute atomic E-state index is 0.0896. The van der Waals surface area contributed by atoms with Gasteiger partial charge in [-0.05, 0) is 12.1 Å². The van der Waals surface area contributed by atoms with Gasteiger partial charge in [0.15, 0.2) is 0 Å². The van der Waals surface area contributed by atoms with E-state index in [4.69, 9.17) is 21.1 Å². The van der Waals surface area contributed by atoms with Crippen molar-refractivity contribution in [3.05, 3.63) is 38.8 Å². The number of benzene rings is 1. The van der Waals surface area contributed by atoms with Crippen molar-refractivity contribution in [2.45, 2.75) is 0 Å². The summed E-state index contributed by atoms with van der Waals surface area (Å²) in [5, 5.41) is 13.0. The summed E-state index contributed by atoms with van der Waals surface area (Å²) in [5.74, 6) is 0.470. The Kier molecular flexibility index (Phi) is 3.63. The third-order valence-corrected chi connectivity index (χ3v) is 3.06. The molecule has 0 bridgehead atoms. The van der Waals surface area contributed by atoms with Gasteiger partial charge in [-0.1, -0.05) is 22.9 Å². The molecule has 1 aromatic heterocycles. The third-order valence-electron chi connectivity index (χ3n) is 2.02. The second-order valence-corrected chi connectivity index (χ2v) is 4.34. The largest absolute Gasteiger partial charge is 0.496 e. The minimum atomic E-state index is -0.549. The van der Waals surface area contributed by atoms with Crippen LogP contribution in [0.15, 0.2) is 23.6 Å². The molecule has 6 nitrogen and oxygen atoms in total. The minimum Gasteiger partial charge on any atom is -0.496 e. The fourth-order valence-corrected chi connectivity index (χ4v) is 2.03. The number of nitrogens with zero attached hydrogens (tertiary/aromatic N) is 2. The third kappa shape index (κ3) is 2.69. The molecule has 0 N–H and O–H groups in total. The topological polar surface area (TPSA) is 74.5 Å². The molecule has 0 aliphatic rings. The summed E-state index contributed by atoms with van der Waals surface area (Å²) in [4.78, 5) is 14.2. The first kappa shape index (κ1) is 12.6. The second kappa shape index (κ2) is 5.19. The first-order valence-corrected chi connectivity index (χ1v) is 5.97. The zero-order valence-electron chi connectivity index (χ0n) is 9.12. The molecule has 0 radical (unpaired) electrons. The summed E-state index contributed by atoms with van der Waals surface area (Å²) < 4.78 is 10.2. The van der Waals surface area contributed by atoms with Crippen LogP contribution in [0.3, 0.4) is 0 Å². The van der Waals surface area contributed by atoms with E-state index in [9.17, 15) is 10.1 Å². The van der Waals surface area contributed by atoms with Crippen LogP contribution < -0.4 is 9.47 Å². The lowest BCUT2D eigenvalue weighted by Gasteiger charge is -2.04. The van der Waals surface area contributed by atoms with Crippen molar-refractivity contribution in [2.75, 3.05) is 7.11 Å². The Morgan fingerprint density at radius 1 is 1.50 bits per heavy atom. The van der Waals surface area contributed by atoms with E-state index in [-0.39, 0.29) is 21.8 Å². The van der Waals surface area contributed by atoms with Crippen LogP contribution in [-0.4, -0.2) is 17.0 Å². The molecule has 0 aliphatic carbocycles. The fourth-order valence-electron chi connectivity index (χ4n) is 1.23. The zero-order chi connectivity index (χ0) is 13.1. The van der Waals surface area contributed by atoms with E-state index in [1.165, 1.54) is 19.2 Å². The van der Waals surface area contributed by atoms with Crippen molar-refractivity contribution in [1.29, 1.82) is 0 Å². The molecule has 0 amide bonds. The van der Waals surface area contributed by atoms with Crippen LogP contribution in [0.1, 0.15) is 0 Å². The van der Waals surface area contributed by atoms with Gasteiger partial charge in [0, 0.05) is 5.38 Å². The molecule has 1 heterocycles. The standard InChI is InChI=1S/C10H7ClN2O4S/c1-16-6-2-3-8(7(4-6)13(14)15)17-10-12-9(11)5-18-10/h2-5H,1H3. The molecule has 0 aliphatic heterocycles. The summed E-state index contributed by atoms with van der Waals surface area (Å²) in [6, 6.07) is 4.30. The van der Waals surface area contributed by atoms with Crippen molar-refractivity contribution in [2.24, 2.45) is 0 Å². The lowest BCUT2D eigenvalue weighted by atomic mass is 10.3. The summed E-state index contributed by atoms with van der Waals surface area (Å²) in [6.07, 6.45) is 0. The number of nitro groups is 1.